The molecule has 2 aliphatic heterocycles. The molecule has 0 aliphatic carbocycles. The monoisotopic (exact) mass is 400 g/mol. The number of ether oxygens (including phenoxy) is 2. The Morgan fingerprint density at radius 1 is 1.11 bits per heavy atom. The summed E-state index contributed by atoms with van der Waals surface area (Å²) in [5.74, 6) is 2.31. The quantitative estimate of drug-likeness (QED) is 0.552. The molecule has 0 unspecified atom stereocenters. The number of fused-ring (bicyclic) bond motifs is 1. The first-order valence-electron chi connectivity index (χ1n) is 10.2. The summed E-state index contributed by atoms with van der Waals surface area (Å²) in [5.41, 5.74) is 0. The minimum absolute atomic E-state index is 0.287. The SMILES string of the molecule is C=CCn1c([C@@H]2COc3ccccc3O2)nn(CN2CCCCCCC2)c1=S. The van der Waals surface area contributed by atoms with E-state index in [-0.39, 0.29) is 6.10 Å². The largest absolute Gasteiger partial charge is 0.485 e. The first-order chi connectivity index (χ1) is 13.8. The Hall–Kier alpha value is -2.12. The van der Waals surface area contributed by atoms with E-state index in [1.165, 1.54) is 32.1 Å². The van der Waals surface area contributed by atoms with Crippen molar-refractivity contribution in [2.75, 3.05) is 19.7 Å². The van der Waals surface area contributed by atoms with E-state index in [1.807, 2.05) is 39.6 Å². The molecule has 3 heterocycles. The van der Waals surface area contributed by atoms with Crippen LogP contribution in [0.25, 0.3) is 0 Å². The Labute approximate surface area is 171 Å². The van der Waals surface area contributed by atoms with E-state index in [4.69, 9.17) is 26.8 Å². The molecular weight excluding hydrogens is 372 g/mol. The lowest BCUT2D eigenvalue weighted by Gasteiger charge is -2.26. The highest BCUT2D eigenvalue weighted by Gasteiger charge is 2.28. The number of nitrogens with zero attached hydrogens (tertiary/aromatic N) is 4. The maximum Gasteiger partial charge on any atom is 0.199 e. The summed E-state index contributed by atoms with van der Waals surface area (Å²) in [6.07, 6.45) is 8.01. The summed E-state index contributed by atoms with van der Waals surface area (Å²) in [6.45, 7) is 7.83. The van der Waals surface area contributed by atoms with Crippen molar-refractivity contribution >= 4 is 12.2 Å². The summed E-state index contributed by atoms with van der Waals surface area (Å²) in [4.78, 5) is 2.46. The number of likely N-dealkylation sites (tertiary alicyclic amines) is 1. The fourth-order valence-electron chi connectivity index (χ4n) is 3.88. The smallest absolute Gasteiger partial charge is 0.199 e. The number of hydrogen-bond donors (Lipinski definition) is 0. The van der Waals surface area contributed by atoms with Crippen LogP contribution >= 0.6 is 12.2 Å². The molecule has 0 N–H and O–H groups in total. The van der Waals surface area contributed by atoms with Gasteiger partial charge >= 0.3 is 0 Å². The highest BCUT2D eigenvalue weighted by Crippen LogP contribution is 2.35. The third-order valence-electron chi connectivity index (χ3n) is 5.34. The number of para-hydroxylation sites is 2. The van der Waals surface area contributed by atoms with E-state index in [0.29, 0.717) is 17.9 Å². The summed E-state index contributed by atoms with van der Waals surface area (Å²) < 4.78 is 16.7. The Morgan fingerprint density at radius 2 is 1.82 bits per heavy atom. The van der Waals surface area contributed by atoms with Crippen LogP contribution in [0, 0.1) is 4.77 Å². The second-order valence-corrected chi connectivity index (χ2v) is 7.80. The molecule has 6 nitrogen and oxygen atoms in total. The first-order valence-corrected chi connectivity index (χ1v) is 10.6. The average molecular weight is 401 g/mol. The van der Waals surface area contributed by atoms with Crippen molar-refractivity contribution < 1.29 is 9.47 Å². The van der Waals surface area contributed by atoms with Crippen molar-refractivity contribution in [2.24, 2.45) is 0 Å². The number of hydrogen-bond acceptors (Lipinski definition) is 5. The number of allylic oxidation sites excluding steroid dienone is 1. The molecule has 1 atom stereocenters. The maximum atomic E-state index is 6.18. The van der Waals surface area contributed by atoms with E-state index >= 15 is 0 Å². The fourth-order valence-corrected chi connectivity index (χ4v) is 4.15. The standard InChI is InChI=1S/C21H28N4O2S/c1-2-12-24-20(19-15-26-17-10-6-7-11-18(17)27-19)22-25(21(24)28)16-23-13-8-4-3-5-9-14-23/h2,6-7,10-11,19H,1,3-5,8-9,12-16H2/t19-/m0/s1. The Kier molecular flexibility index (Phi) is 6.12. The molecule has 2 aliphatic rings. The molecule has 0 radical (unpaired) electrons. The van der Waals surface area contributed by atoms with Crippen LogP contribution in [0.2, 0.25) is 0 Å². The van der Waals surface area contributed by atoms with Crippen molar-refractivity contribution in [3.8, 4) is 11.5 Å². The van der Waals surface area contributed by atoms with E-state index in [2.05, 4.69) is 11.5 Å². The molecule has 2 aromatic rings. The molecule has 28 heavy (non-hydrogen) atoms. The van der Waals surface area contributed by atoms with Crippen LogP contribution < -0.4 is 9.47 Å². The Morgan fingerprint density at radius 3 is 2.57 bits per heavy atom. The molecular formula is C21H28N4O2S. The van der Waals surface area contributed by atoms with Gasteiger partial charge in [-0.05, 0) is 50.3 Å². The van der Waals surface area contributed by atoms with E-state index < -0.39 is 0 Å². The zero-order valence-electron chi connectivity index (χ0n) is 16.3. The molecule has 7 heteroatoms. The number of aromatic nitrogens is 3. The van der Waals surface area contributed by atoms with Gasteiger partial charge in [0.2, 0.25) is 0 Å². The topological polar surface area (TPSA) is 44.5 Å². The molecule has 1 fully saturated rings. The summed E-state index contributed by atoms with van der Waals surface area (Å²) in [5, 5.41) is 4.85. The van der Waals surface area contributed by atoms with Gasteiger partial charge in [-0.15, -0.1) is 6.58 Å². The summed E-state index contributed by atoms with van der Waals surface area (Å²) >= 11 is 5.75. The van der Waals surface area contributed by atoms with Crippen LogP contribution in [0.4, 0.5) is 0 Å². The van der Waals surface area contributed by atoms with Gasteiger partial charge in [0.05, 0.1) is 6.67 Å². The van der Waals surface area contributed by atoms with Crippen LogP contribution in [0.3, 0.4) is 0 Å². The van der Waals surface area contributed by atoms with Crippen molar-refractivity contribution in [1.29, 1.82) is 0 Å². The number of rotatable bonds is 5. The van der Waals surface area contributed by atoms with Gasteiger partial charge in [0.25, 0.3) is 0 Å². The van der Waals surface area contributed by atoms with Gasteiger partial charge in [-0.1, -0.05) is 37.5 Å². The molecule has 0 saturated carbocycles. The third kappa shape index (κ3) is 4.15. The van der Waals surface area contributed by atoms with Gasteiger partial charge < -0.3 is 9.47 Å². The zero-order chi connectivity index (χ0) is 19.3. The molecule has 1 saturated heterocycles. The predicted molar refractivity (Wildman–Crippen MR) is 111 cm³/mol. The number of benzene rings is 1. The lowest BCUT2D eigenvalue weighted by molar-refractivity contribution is 0.0816. The Bertz CT molecular complexity index is 868. The van der Waals surface area contributed by atoms with Crippen molar-refractivity contribution in [3.05, 3.63) is 47.5 Å². The van der Waals surface area contributed by atoms with Crippen LogP contribution in [-0.4, -0.2) is 38.9 Å². The van der Waals surface area contributed by atoms with Gasteiger partial charge in [-0.3, -0.25) is 9.47 Å². The molecule has 0 bridgehead atoms. The minimum atomic E-state index is -0.287. The molecule has 1 aromatic carbocycles. The third-order valence-corrected chi connectivity index (χ3v) is 5.77. The van der Waals surface area contributed by atoms with Gasteiger partial charge in [-0.2, -0.15) is 5.10 Å². The highest BCUT2D eigenvalue weighted by molar-refractivity contribution is 7.71. The molecule has 1 aromatic heterocycles. The highest BCUT2D eigenvalue weighted by atomic mass is 32.1. The zero-order valence-corrected chi connectivity index (χ0v) is 17.1. The lowest BCUT2D eigenvalue weighted by Crippen LogP contribution is -2.30. The van der Waals surface area contributed by atoms with Crippen molar-refractivity contribution in [3.63, 3.8) is 0 Å². The van der Waals surface area contributed by atoms with Crippen molar-refractivity contribution in [1.82, 2.24) is 19.2 Å². The van der Waals surface area contributed by atoms with E-state index in [0.717, 1.165) is 37.1 Å². The molecule has 0 amide bonds. The van der Waals surface area contributed by atoms with Gasteiger partial charge in [-0.25, -0.2) is 4.68 Å². The predicted octanol–water partition coefficient (Wildman–Crippen LogP) is 4.34. The van der Waals surface area contributed by atoms with E-state index in [1.54, 1.807) is 0 Å². The fraction of sp³-hybridized carbons (Fsp3) is 0.524. The van der Waals surface area contributed by atoms with Crippen LogP contribution in [0.15, 0.2) is 36.9 Å². The maximum absolute atomic E-state index is 6.18. The first kappa shape index (κ1) is 19.2. The van der Waals surface area contributed by atoms with E-state index in [9.17, 15) is 0 Å². The van der Waals surface area contributed by atoms with Gasteiger partial charge in [0.15, 0.2) is 28.2 Å². The second kappa shape index (κ2) is 8.92. The molecule has 4 rings (SSSR count). The Balaban J connectivity index is 1.58. The van der Waals surface area contributed by atoms with Crippen LogP contribution in [0.1, 0.15) is 44.0 Å². The normalized spacial score (nSPS) is 20.4. The molecule has 150 valence electrons. The van der Waals surface area contributed by atoms with Crippen molar-refractivity contribution in [2.45, 2.75) is 51.4 Å². The van der Waals surface area contributed by atoms with Gasteiger partial charge in [0.1, 0.15) is 6.61 Å². The summed E-state index contributed by atoms with van der Waals surface area (Å²) in [6, 6.07) is 7.73. The summed E-state index contributed by atoms with van der Waals surface area (Å²) in [7, 11) is 0. The minimum Gasteiger partial charge on any atom is -0.485 e. The average Bonchev–Trinajstić information content (AvgIpc) is 2.99. The lowest BCUT2D eigenvalue weighted by atomic mass is 10.1. The van der Waals surface area contributed by atoms with Crippen LogP contribution in [-0.2, 0) is 13.2 Å². The van der Waals surface area contributed by atoms with Crippen LogP contribution in [0.5, 0.6) is 11.5 Å². The van der Waals surface area contributed by atoms with Gasteiger partial charge in [0, 0.05) is 6.54 Å². The second-order valence-electron chi connectivity index (χ2n) is 7.43. The molecule has 0 spiro atoms.